The first-order chi connectivity index (χ1) is 11.5. The number of halogens is 1. The lowest BCUT2D eigenvalue weighted by Gasteiger charge is -2.32. The molecular weight excluding hydrogens is 307 g/mol. The van der Waals surface area contributed by atoms with Gasteiger partial charge >= 0.3 is 6.03 Å². The second kappa shape index (κ2) is 7.51. The summed E-state index contributed by atoms with van der Waals surface area (Å²) >= 11 is 0. The Balaban J connectivity index is 1.59. The molecule has 1 fully saturated rings. The fourth-order valence-corrected chi connectivity index (χ4v) is 4.07. The van der Waals surface area contributed by atoms with Crippen molar-refractivity contribution in [1.29, 1.82) is 0 Å². The van der Waals surface area contributed by atoms with Gasteiger partial charge in [0.05, 0.1) is 12.1 Å². The fraction of sp³-hybridized carbons (Fsp3) is 0.632. The number of benzene rings is 1. The van der Waals surface area contributed by atoms with Crippen LogP contribution in [0.2, 0.25) is 0 Å². The second-order valence-electron chi connectivity index (χ2n) is 7.34. The lowest BCUT2D eigenvalue weighted by Crippen LogP contribution is -2.43. The molecule has 2 amide bonds. The summed E-state index contributed by atoms with van der Waals surface area (Å²) in [6, 6.07) is 4.75. The molecule has 132 valence electrons. The summed E-state index contributed by atoms with van der Waals surface area (Å²) in [6.07, 6.45) is 5.05. The van der Waals surface area contributed by atoms with Crippen LogP contribution >= 0.6 is 0 Å². The van der Waals surface area contributed by atoms with Crippen molar-refractivity contribution < 1.29 is 14.3 Å². The molecule has 4 unspecified atom stereocenters. The second-order valence-corrected chi connectivity index (χ2v) is 7.34. The zero-order valence-electron chi connectivity index (χ0n) is 14.2. The predicted octanol–water partition coefficient (Wildman–Crippen LogP) is 3.30. The summed E-state index contributed by atoms with van der Waals surface area (Å²) < 4.78 is 14.0. The van der Waals surface area contributed by atoms with Crippen LogP contribution in [0.25, 0.3) is 0 Å². The highest BCUT2D eigenvalue weighted by Crippen LogP contribution is 2.35. The highest BCUT2D eigenvalue weighted by molar-refractivity contribution is 5.74. The van der Waals surface area contributed by atoms with Gasteiger partial charge in [0.25, 0.3) is 0 Å². The first-order valence-electron chi connectivity index (χ1n) is 9.04. The van der Waals surface area contributed by atoms with Crippen molar-refractivity contribution in [3.8, 4) is 0 Å². The number of carbonyl (C=O) groups is 1. The van der Waals surface area contributed by atoms with Gasteiger partial charge in [-0.25, -0.2) is 9.18 Å². The number of hydrogen-bond donors (Lipinski definition) is 3. The quantitative estimate of drug-likeness (QED) is 0.794. The van der Waals surface area contributed by atoms with Crippen LogP contribution in [0, 0.1) is 17.7 Å². The van der Waals surface area contributed by atoms with Crippen LogP contribution in [0.15, 0.2) is 18.2 Å². The third kappa shape index (κ3) is 3.89. The van der Waals surface area contributed by atoms with Crippen LogP contribution in [0.3, 0.4) is 0 Å². The minimum Gasteiger partial charge on any atom is -0.393 e. The zero-order valence-corrected chi connectivity index (χ0v) is 14.2. The Kier molecular flexibility index (Phi) is 5.39. The lowest BCUT2D eigenvalue weighted by atomic mass is 9.80. The molecule has 0 bridgehead atoms. The Morgan fingerprint density at radius 3 is 2.96 bits per heavy atom. The first kappa shape index (κ1) is 17.2. The highest BCUT2D eigenvalue weighted by atomic mass is 19.1. The van der Waals surface area contributed by atoms with Gasteiger partial charge in [0.1, 0.15) is 5.82 Å². The average Bonchev–Trinajstić information content (AvgIpc) is 2.56. The summed E-state index contributed by atoms with van der Waals surface area (Å²) in [6.45, 7) is 2.68. The van der Waals surface area contributed by atoms with Crippen molar-refractivity contribution in [3.63, 3.8) is 0 Å². The van der Waals surface area contributed by atoms with Gasteiger partial charge in [-0.15, -0.1) is 0 Å². The van der Waals surface area contributed by atoms with Gasteiger partial charge in [-0.05, 0) is 61.1 Å². The van der Waals surface area contributed by atoms with Gasteiger partial charge in [0, 0.05) is 6.54 Å². The number of rotatable bonds is 3. The van der Waals surface area contributed by atoms with E-state index >= 15 is 0 Å². The Morgan fingerprint density at radius 1 is 1.33 bits per heavy atom. The maximum Gasteiger partial charge on any atom is 0.315 e. The van der Waals surface area contributed by atoms with E-state index in [1.807, 2.05) is 6.07 Å². The monoisotopic (exact) mass is 334 g/mol. The number of aliphatic hydroxyl groups is 1. The summed E-state index contributed by atoms with van der Waals surface area (Å²) in [5, 5.41) is 15.7. The minimum absolute atomic E-state index is 0.151. The number of nitrogens with one attached hydrogen (secondary N) is 2. The van der Waals surface area contributed by atoms with E-state index in [0.29, 0.717) is 12.5 Å². The van der Waals surface area contributed by atoms with E-state index in [4.69, 9.17) is 0 Å². The number of aliphatic hydroxyl groups excluding tert-OH is 1. The van der Waals surface area contributed by atoms with Gasteiger partial charge in [0.2, 0.25) is 0 Å². The van der Waals surface area contributed by atoms with Gasteiger partial charge in [-0.1, -0.05) is 25.5 Å². The Bertz CT molecular complexity index is 593. The molecule has 3 N–H and O–H groups in total. The standard InChI is InChI=1S/C19H27FN2O2/c1-12-8-9-15-16(6-3-7-17(15)20)18(12)22-19(24)21-11-13-4-2-5-14(23)10-13/h3,6-7,12-14,18,23H,2,4-5,8-11H2,1H3,(H2,21,22,24). The molecule has 4 nitrogen and oxygen atoms in total. The van der Waals surface area contributed by atoms with E-state index in [0.717, 1.165) is 49.7 Å². The van der Waals surface area contributed by atoms with E-state index in [2.05, 4.69) is 17.6 Å². The smallest absolute Gasteiger partial charge is 0.315 e. The van der Waals surface area contributed by atoms with Crippen LogP contribution in [0.4, 0.5) is 9.18 Å². The lowest BCUT2D eigenvalue weighted by molar-refractivity contribution is 0.101. The molecule has 2 aliphatic carbocycles. The minimum atomic E-state index is -0.234. The third-order valence-electron chi connectivity index (χ3n) is 5.50. The van der Waals surface area contributed by atoms with Gasteiger partial charge in [0.15, 0.2) is 0 Å². The molecule has 5 heteroatoms. The first-order valence-corrected chi connectivity index (χ1v) is 9.04. The molecule has 3 rings (SSSR count). The highest BCUT2D eigenvalue weighted by Gasteiger charge is 2.29. The van der Waals surface area contributed by atoms with Gasteiger partial charge in [-0.2, -0.15) is 0 Å². The van der Waals surface area contributed by atoms with Crippen LogP contribution in [0.1, 0.15) is 56.2 Å². The zero-order chi connectivity index (χ0) is 17.1. The number of hydrogen-bond acceptors (Lipinski definition) is 2. The van der Waals surface area contributed by atoms with E-state index < -0.39 is 0 Å². The summed E-state index contributed by atoms with van der Waals surface area (Å²) in [5.74, 6) is 0.442. The maximum absolute atomic E-state index is 14.0. The van der Waals surface area contributed by atoms with Crippen LogP contribution < -0.4 is 10.6 Å². The van der Waals surface area contributed by atoms with Crippen LogP contribution in [0.5, 0.6) is 0 Å². The van der Waals surface area contributed by atoms with Crippen LogP contribution in [-0.4, -0.2) is 23.8 Å². The van der Waals surface area contributed by atoms with E-state index in [-0.39, 0.29) is 29.9 Å². The van der Waals surface area contributed by atoms with Crippen molar-refractivity contribution >= 4 is 6.03 Å². The summed E-state index contributed by atoms with van der Waals surface area (Å²) in [7, 11) is 0. The largest absolute Gasteiger partial charge is 0.393 e. The van der Waals surface area contributed by atoms with E-state index in [1.165, 1.54) is 6.07 Å². The van der Waals surface area contributed by atoms with Crippen molar-refractivity contribution in [1.82, 2.24) is 10.6 Å². The summed E-state index contributed by atoms with van der Waals surface area (Å²) in [4.78, 5) is 12.3. The Labute approximate surface area is 142 Å². The Morgan fingerprint density at radius 2 is 2.17 bits per heavy atom. The Hall–Kier alpha value is -1.62. The van der Waals surface area contributed by atoms with Crippen molar-refractivity contribution in [2.75, 3.05) is 6.54 Å². The van der Waals surface area contributed by atoms with Gasteiger partial charge in [-0.3, -0.25) is 0 Å². The summed E-state index contributed by atoms with van der Waals surface area (Å²) in [5.41, 5.74) is 1.63. The van der Waals surface area contributed by atoms with E-state index in [9.17, 15) is 14.3 Å². The molecule has 1 saturated carbocycles. The fourth-order valence-electron chi connectivity index (χ4n) is 4.07. The van der Waals surface area contributed by atoms with Crippen molar-refractivity contribution in [2.24, 2.45) is 11.8 Å². The van der Waals surface area contributed by atoms with Crippen LogP contribution in [-0.2, 0) is 6.42 Å². The maximum atomic E-state index is 14.0. The van der Waals surface area contributed by atoms with Gasteiger partial charge < -0.3 is 15.7 Å². The van der Waals surface area contributed by atoms with E-state index in [1.54, 1.807) is 6.07 Å². The van der Waals surface area contributed by atoms with Crippen molar-refractivity contribution in [2.45, 2.75) is 57.6 Å². The molecule has 0 aliphatic heterocycles. The molecule has 2 aliphatic rings. The molecule has 0 radical (unpaired) electrons. The molecule has 0 saturated heterocycles. The molecule has 4 atom stereocenters. The number of urea groups is 1. The number of fused-ring (bicyclic) bond motifs is 1. The number of amides is 2. The molecule has 1 aromatic rings. The van der Waals surface area contributed by atoms with Crippen molar-refractivity contribution in [3.05, 3.63) is 35.1 Å². The SMILES string of the molecule is CC1CCc2c(F)cccc2C1NC(=O)NCC1CCCC(O)C1. The number of carbonyl (C=O) groups excluding carboxylic acids is 1. The predicted molar refractivity (Wildman–Crippen MR) is 91.1 cm³/mol. The normalized spacial score (nSPS) is 29.6. The third-order valence-corrected chi connectivity index (χ3v) is 5.50. The molecule has 0 heterocycles. The molecular formula is C19H27FN2O2. The average molecular weight is 334 g/mol. The molecule has 1 aromatic carbocycles. The molecule has 24 heavy (non-hydrogen) atoms. The molecule has 0 spiro atoms. The molecule has 0 aromatic heterocycles. The topological polar surface area (TPSA) is 61.4 Å².